The maximum Gasteiger partial charge on any atom is 0.317 e. The van der Waals surface area contributed by atoms with Crippen LogP contribution in [0.25, 0.3) is 0 Å². The Bertz CT molecular complexity index is 120. The zero-order valence-electron chi connectivity index (χ0n) is 6.19. The molecule has 4 nitrogen and oxygen atoms in total. The van der Waals surface area contributed by atoms with Gasteiger partial charge in [-0.15, -0.1) is 11.8 Å². The first-order chi connectivity index (χ1) is 5.22. The molecule has 0 radical (unpaired) electrons. The molecule has 1 atom stereocenters. The third kappa shape index (κ3) is 5.06. The van der Waals surface area contributed by atoms with Crippen molar-refractivity contribution in [3.05, 3.63) is 0 Å². The summed E-state index contributed by atoms with van der Waals surface area (Å²) in [7, 11) is 0. The fraction of sp³-hybridized carbons (Fsp3) is 0.833. The second-order valence-electron chi connectivity index (χ2n) is 2.01. The molecule has 0 fully saturated rings. The summed E-state index contributed by atoms with van der Waals surface area (Å²) in [5, 5.41) is 16.4. The van der Waals surface area contributed by atoms with Crippen LogP contribution in [0, 0.1) is 0 Å². The van der Waals surface area contributed by atoms with Crippen LogP contribution < -0.4 is 5.73 Å². The van der Waals surface area contributed by atoms with E-state index in [-0.39, 0.29) is 13.2 Å². The lowest BCUT2D eigenvalue weighted by Crippen LogP contribution is -2.26. The Morgan fingerprint density at radius 2 is 2.27 bits per heavy atom. The number of carboxylic acid groups (broad SMARTS) is 1. The number of hydrogen-bond acceptors (Lipinski definition) is 4. The number of nitrogens with two attached hydrogens (primary N) is 1. The van der Waals surface area contributed by atoms with E-state index in [1.54, 1.807) is 0 Å². The van der Waals surface area contributed by atoms with E-state index in [1.807, 2.05) is 0 Å². The minimum atomic E-state index is -0.879. The molecular weight excluding hydrogens is 166 g/mol. The van der Waals surface area contributed by atoms with Crippen molar-refractivity contribution in [3.63, 3.8) is 0 Å². The molecule has 0 heterocycles. The molecule has 0 saturated heterocycles. The molecule has 1 unspecified atom stereocenters. The Morgan fingerprint density at radius 3 is 2.64 bits per heavy atom. The van der Waals surface area contributed by atoms with Crippen LogP contribution in [-0.2, 0) is 4.79 Å². The molecule has 4 N–H and O–H groups in total. The van der Waals surface area contributed by atoms with Gasteiger partial charge in [0.2, 0.25) is 0 Å². The molecule has 0 saturated carbocycles. The van der Waals surface area contributed by atoms with Crippen LogP contribution >= 0.6 is 11.8 Å². The fourth-order valence-corrected chi connectivity index (χ4v) is 1.39. The van der Waals surface area contributed by atoms with Gasteiger partial charge < -0.3 is 15.9 Å². The lowest BCUT2D eigenvalue weighted by Gasteiger charge is -2.07. The number of hydrogen-bond donors (Lipinski definition) is 3. The largest absolute Gasteiger partial charge is 0.480 e. The molecular formula is C6H13NO3S. The number of carbonyl (C=O) groups is 1. The predicted octanol–water partition coefficient (Wildman–Crippen LogP) is -0.486. The molecule has 0 aliphatic heterocycles. The van der Waals surface area contributed by atoms with Crippen LogP contribution in [0.4, 0.5) is 0 Å². The molecule has 5 heteroatoms. The van der Waals surface area contributed by atoms with E-state index in [4.69, 9.17) is 15.9 Å². The Labute approximate surface area is 69.8 Å². The summed E-state index contributed by atoms with van der Waals surface area (Å²) in [4.78, 5) is 10.4. The average Bonchev–Trinajstić information content (AvgIpc) is 1.97. The topological polar surface area (TPSA) is 83.5 Å². The first-order valence-corrected chi connectivity index (χ1v) is 4.42. The van der Waals surface area contributed by atoms with Crippen molar-refractivity contribution in [2.45, 2.75) is 11.7 Å². The SMILES string of the molecule is NCC(SCCCO)C(=O)O. The summed E-state index contributed by atoms with van der Waals surface area (Å²) < 4.78 is 0. The van der Waals surface area contributed by atoms with E-state index in [1.165, 1.54) is 11.8 Å². The number of thioether (sulfide) groups is 1. The summed E-state index contributed by atoms with van der Waals surface area (Å²) in [6.07, 6.45) is 0.619. The van der Waals surface area contributed by atoms with Gasteiger partial charge >= 0.3 is 5.97 Å². The first-order valence-electron chi connectivity index (χ1n) is 3.37. The molecule has 0 rings (SSSR count). The molecule has 0 aliphatic carbocycles. The first kappa shape index (κ1) is 10.7. The van der Waals surface area contributed by atoms with Crippen LogP contribution in [0.15, 0.2) is 0 Å². The zero-order valence-corrected chi connectivity index (χ0v) is 7.01. The highest BCUT2D eigenvalue weighted by Gasteiger charge is 2.14. The molecule has 0 aliphatic rings. The minimum Gasteiger partial charge on any atom is -0.480 e. The summed E-state index contributed by atoms with van der Waals surface area (Å²) in [5.74, 6) is -0.236. The third-order valence-corrected chi connectivity index (χ3v) is 2.43. The van der Waals surface area contributed by atoms with E-state index in [0.29, 0.717) is 12.2 Å². The van der Waals surface area contributed by atoms with Crippen molar-refractivity contribution in [2.24, 2.45) is 5.73 Å². The second kappa shape index (κ2) is 6.45. The highest BCUT2D eigenvalue weighted by atomic mass is 32.2. The monoisotopic (exact) mass is 179 g/mol. The van der Waals surface area contributed by atoms with Crippen molar-refractivity contribution in [2.75, 3.05) is 18.9 Å². The van der Waals surface area contributed by atoms with Crippen molar-refractivity contribution >= 4 is 17.7 Å². The zero-order chi connectivity index (χ0) is 8.69. The molecule has 0 bridgehead atoms. The van der Waals surface area contributed by atoms with Gasteiger partial charge in [0, 0.05) is 13.2 Å². The minimum absolute atomic E-state index is 0.101. The van der Waals surface area contributed by atoms with Crippen LogP contribution in [0.5, 0.6) is 0 Å². The van der Waals surface area contributed by atoms with Crippen LogP contribution in [-0.4, -0.2) is 40.3 Å². The Morgan fingerprint density at radius 1 is 1.64 bits per heavy atom. The van der Waals surface area contributed by atoms with Crippen molar-refractivity contribution in [1.82, 2.24) is 0 Å². The Hall–Kier alpha value is -0.260. The van der Waals surface area contributed by atoms with Gasteiger partial charge in [0.25, 0.3) is 0 Å². The van der Waals surface area contributed by atoms with Crippen molar-refractivity contribution < 1.29 is 15.0 Å². The van der Waals surface area contributed by atoms with Crippen LogP contribution in [0.2, 0.25) is 0 Å². The van der Waals surface area contributed by atoms with Crippen molar-refractivity contribution in [3.8, 4) is 0 Å². The molecule has 0 aromatic carbocycles. The lowest BCUT2D eigenvalue weighted by atomic mass is 10.4. The summed E-state index contributed by atoms with van der Waals surface area (Å²) >= 11 is 1.27. The van der Waals surface area contributed by atoms with E-state index in [0.717, 1.165) is 0 Å². The van der Waals surface area contributed by atoms with Gasteiger partial charge in [-0.05, 0) is 12.2 Å². The number of aliphatic carboxylic acids is 1. The maximum atomic E-state index is 10.4. The Kier molecular flexibility index (Phi) is 6.30. The second-order valence-corrected chi connectivity index (χ2v) is 3.32. The van der Waals surface area contributed by atoms with Gasteiger partial charge in [0.15, 0.2) is 0 Å². The van der Waals surface area contributed by atoms with E-state index >= 15 is 0 Å². The third-order valence-electron chi connectivity index (χ3n) is 1.11. The quantitative estimate of drug-likeness (QED) is 0.479. The van der Waals surface area contributed by atoms with Gasteiger partial charge in [-0.25, -0.2) is 0 Å². The van der Waals surface area contributed by atoms with Gasteiger partial charge in [0.05, 0.1) is 0 Å². The molecule has 11 heavy (non-hydrogen) atoms. The number of aliphatic hydroxyl groups excluding tert-OH is 1. The number of carboxylic acids is 1. The van der Waals surface area contributed by atoms with Crippen LogP contribution in [0.1, 0.15) is 6.42 Å². The predicted molar refractivity (Wildman–Crippen MR) is 44.6 cm³/mol. The van der Waals surface area contributed by atoms with Gasteiger partial charge in [-0.2, -0.15) is 0 Å². The van der Waals surface area contributed by atoms with Crippen molar-refractivity contribution in [1.29, 1.82) is 0 Å². The lowest BCUT2D eigenvalue weighted by molar-refractivity contribution is -0.136. The summed E-state index contributed by atoms with van der Waals surface area (Å²) in [6.45, 7) is 0.245. The molecule has 0 spiro atoms. The van der Waals surface area contributed by atoms with Crippen LogP contribution in [0.3, 0.4) is 0 Å². The smallest absolute Gasteiger partial charge is 0.317 e. The van der Waals surface area contributed by atoms with Gasteiger partial charge in [0.1, 0.15) is 5.25 Å². The molecule has 0 amide bonds. The molecule has 0 aromatic heterocycles. The van der Waals surface area contributed by atoms with E-state index in [9.17, 15) is 4.79 Å². The summed E-state index contributed by atoms with van der Waals surface area (Å²) in [6, 6.07) is 0. The van der Waals surface area contributed by atoms with Gasteiger partial charge in [-0.1, -0.05) is 0 Å². The standard InChI is InChI=1S/C6H13NO3S/c7-4-5(6(9)10)11-3-1-2-8/h5,8H,1-4,7H2,(H,9,10). The summed E-state index contributed by atoms with van der Waals surface area (Å²) in [5.41, 5.74) is 5.19. The number of rotatable bonds is 6. The van der Waals surface area contributed by atoms with E-state index in [2.05, 4.69) is 0 Å². The van der Waals surface area contributed by atoms with E-state index < -0.39 is 11.2 Å². The maximum absolute atomic E-state index is 10.4. The average molecular weight is 179 g/mol. The molecule has 0 aromatic rings. The molecule has 66 valence electrons. The number of aliphatic hydroxyl groups is 1. The Balaban J connectivity index is 3.44. The highest BCUT2D eigenvalue weighted by molar-refractivity contribution is 8.00. The normalized spacial score (nSPS) is 12.9. The fourth-order valence-electron chi connectivity index (χ4n) is 0.530. The van der Waals surface area contributed by atoms with Gasteiger partial charge in [-0.3, -0.25) is 4.79 Å². The highest BCUT2D eigenvalue weighted by Crippen LogP contribution is 2.10.